The highest BCUT2D eigenvalue weighted by atomic mass is 35.5. The highest BCUT2D eigenvalue weighted by Crippen LogP contribution is 2.36. The zero-order valence-electron chi connectivity index (χ0n) is 16.2. The number of esters is 2. The number of benzene rings is 2. The normalized spacial score (nSPS) is 11.2. The molecule has 0 saturated carbocycles. The molecule has 0 aliphatic carbocycles. The van der Waals surface area contributed by atoms with E-state index in [1.807, 2.05) is 24.3 Å². The summed E-state index contributed by atoms with van der Waals surface area (Å²) in [6.07, 6.45) is 0. The molecule has 0 spiro atoms. The van der Waals surface area contributed by atoms with Crippen molar-refractivity contribution in [2.45, 2.75) is 6.92 Å². The SMILES string of the molecule is COCCOC(=O)c1c(C)oc2ccc(OC(=O)c3sc4ccccc4c3Cl)cc12. The number of halogens is 1. The smallest absolute Gasteiger partial charge is 0.355 e. The first-order valence-corrected chi connectivity index (χ1v) is 10.3. The van der Waals surface area contributed by atoms with Gasteiger partial charge in [-0.25, -0.2) is 9.59 Å². The van der Waals surface area contributed by atoms with E-state index in [4.69, 9.17) is 30.2 Å². The molecule has 0 aliphatic rings. The number of methoxy groups -OCH3 is 1. The predicted octanol–water partition coefficient (Wildman–Crippen LogP) is 5.63. The molecular formula is C22H17ClO6S. The van der Waals surface area contributed by atoms with Crippen molar-refractivity contribution < 1.29 is 28.2 Å². The number of furan rings is 1. The van der Waals surface area contributed by atoms with Crippen molar-refractivity contribution in [3.05, 3.63) is 63.7 Å². The third kappa shape index (κ3) is 3.79. The first kappa shape index (κ1) is 20.4. The Balaban J connectivity index is 1.63. The lowest BCUT2D eigenvalue weighted by Gasteiger charge is -2.05. The standard InChI is InChI=1S/C22H17ClO6S/c1-12-18(21(24)27-10-9-26-2)15-11-13(7-8-16(15)28-12)29-22(25)20-19(23)14-5-3-4-6-17(14)30-20/h3-8,11H,9-10H2,1-2H3. The van der Waals surface area contributed by atoms with E-state index in [9.17, 15) is 9.59 Å². The van der Waals surface area contributed by atoms with Crippen LogP contribution in [0.25, 0.3) is 21.1 Å². The van der Waals surface area contributed by atoms with Crippen molar-refractivity contribution in [2.24, 2.45) is 0 Å². The minimum absolute atomic E-state index is 0.126. The fraction of sp³-hybridized carbons (Fsp3) is 0.182. The molecule has 6 nitrogen and oxygen atoms in total. The van der Waals surface area contributed by atoms with E-state index in [2.05, 4.69) is 0 Å². The Labute approximate surface area is 180 Å². The molecule has 0 bridgehead atoms. The van der Waals surface area contributed by atoms with Gasteiger partial charge in [-0.05, 0) is 31.2 Å². The van der Waals surface area contributed by atoms with Crippen LogP contribution in [0.4, 0.5) is 0 Å². The zero-order chi connectivity index (χ0) is 21.3. The van der Waals surface area contributed by atoms with Gasteiger partial charge < -0.3 is 18.6 Å². The second-order valence-corrected chi connectivity index (χ2v) is 7.88. The summed E-state index contributed by atoms with van der Waals surface area (Å²) >= 11 is 7.63. The summed E-state index contributed by atoms with van der Waals surface area (Å²) in [7, 11) is 1.52. The number of thiophene rings is 1. The highest BCUT2D eigenvalue weighted by molar-refractivity contribution is 7.21. The van der Waals surface area contributed by atoms with Crippen LogP contribution >= 0.6 is 22.9 Å². The Morgan fingerprint density at radius 2 is 1.87 bits per heavy atom. The van der Waals surface area contributed by atoms with Gasteiger partial charge in [0.15, 0.2) is 0 Å². The van der Waals surface area contributed by atoms with Crippen molar-refractivity contribution in [1.29, 1.82) is 0 Å². The molecule has 0 unspecified atom stereocenters. The lowest BCUT2D eigenvalue weighted by Crippen LogP contribution is -2.10. The van der Waals surface area contributed by atoms with Gasteiger partial charge in [0.1, 0.15) is 34.1 Å². The fourth-order valence-electron chi connectivity index (χ4n) is 3.10. The summed E-state index contributed by atoms with van der Waals surface area (Å²) in [6, 6.07) is 12.3. The Morgan fingerprint density at radius 3 is 2.63 bits per heavy atom. The summed E-state index contributed by atoms with van der Waals surface area (Å²) in [5, 5.41) is 1.67. The number of ether oxygens (including phenoxy) is 3. The van der Waals surface area contributed by atoms with Crippen molar-refractivity contribution in [3.8, 4) is 5.75 Å². The van der Waals surface area contributed by atoms with Crippen LogP contribution in [0, 0.1) is 6.92 Å². The van der Waals surface area contributed by atoms with Crippen molar-refractivity contribution in [3.63, 3.8) is 0 Å². The van der Waals surface area contributed by atoms with Gasteiger partial charge in [0.2, 0.25) is 0 Å². The maximum atomic E-state index is 12.7. The first-order chi connectivity index (χ1) is 14.5. The molecule has 30 heavy (non-hydrogen) atoms. The van der Waals surface area contributed by atoms with E-state index in [0.29, 0.717) is 38.8 Å². The highest BCUT2D eigenvalue weighted by Gasteiger charge is 2.22. The molecule has 0 N–H and O–H groups in total. The molecule has 0 amide bonds. The van der Waals surface area contributed by atoms with Crippen molar-refractivity contribution in [2.75, 3.05) is 20.3 Å². The molecule has 2 aromatic heterocycles. The molecule has 0 atom stereocenters. The minimum atomic E-state index is -0.565. The summed E-state index contributed by atoms with van der Waals surface area (Å²) in [5.41, 5.74) is 0.782. The number of hydrogen-bond donors (Lipinski definition) is 0. The van der Waals surface area contributed by atoms with Crippen molar-refractivity contribution >= 4 is 55.9 Å². The molecule has 0 saturated heterocycles. The third-order valence-corrected chi connectivity index (χ3v) is 6.15. The molecule has 0 fully saturated rings. The Morgan fingerprint density at radius 1 is 1.07 bits per heavy atom. The number of fused-ring (bicyclic) bond motifs is 2. The second kappa shape index (κ2) is 8.47. The fourth-order valence-corrected chi connectivity index (χ4v) is 4.49. The van der Waals surface area contributed by atoms with Gasteiger partial charge in [0.05, 0.1) is 11.6 Å². The monoisotopic (exact) mass is 444 g/mol. The van der Waals surface area contributed by atoms with Crippen molar-refractivity contribution in [1.82, 2.24) is 0 Å². The second-order valence-electron chi connectivity index (χ2n) is 6.45. The van der Waals surface area contributed by atoms with E-state index < -0.39 is 11.9 Å². The van der Waals surface area contributed by atoms with Gasteiger partial charge in [-0.15, -0.1) is 11.3 Å². The van der Waals surface area contributed by atoms with E-state index in [-0.39, 0.29) is 12.4 Å². The largest absolute Gasteiger partial charge is 0.460 e. The molecule has 2 heterocycles. The van der Waals surface area contributed by atoms with Gasteiger partial charge in [0, 0.05) is 22.6 Å². The lowest BCUT2D eigenvalue weighted by atomic mass is 10.1. The number of carbonyl (C=O) groups is 2. The average Bonchev–Trinajstić information content (AvgIpc) is 3.24. The van der Waals surface area contributed by atoms with E-state index >= 15 is 0 Å². The Bertz CT molecular complexity index is 1260. The maximum Gasteiger partial charge on any atom is 0.355 e. The van der Waals surface area contributed by atoms with Crippen LogP contribution in [0.1, 0.15) is 25.8 Å². The molecule has 8 heteroatoms. The lowest BCUT2D eigenvalue weighted by molar-refractivity contribution is 0.0388. The van der Waals surface area contributed by atoms with Gasteiger partial charge in [-0.1, -0.05) is 29.8 Å². The van der Waals surface area contributed by atoms with Gasteiger partial charge in [-0.3, -0.25) is 0 Å². The molecule has 154 valence electrons. The Hall–Kier alpha value is -2.87. The van der Waals surface area contributed by atoms with E-state index in [1.54, 1.807) is 25.1 Å². The minimum Gasteiger partial charge on any atom is -0.460 e. The van der Waals surface area contributed by atoms with Crippen LogP contribution in [0.2, 0.25) is 5.02 Å². The first-order valence-electron chi connectivity index (χ1n) is 9.08. The maximum absolute atomic E-state index is 12.7. The summed E-state index contributed by atoms with van der Waals surface area (Å²) in [5.74, 6) is -0.402. The van der Waals surface area contributed by atoms with E-state index in [1.165, 1.54) is 18.4 Å². The summed E-state index contributed by atoms with van der Waals surface area (Å²) < 4.78 is 22.2. The summed E-state index contributed by atoms with van der Waals surface area (Å²) in [4.78, 5) is 25.5. The van der Waals surface area contributed by atoms with Gasteiger partial charge >= 0.3 is 11.9 Å². The molecule has 2 aromatic carbocycles. The number of rotatable bonds is 6. The number of aryl methyl sites for hydroxylation is 1. The van der Waals surface area contributed by atoms with Gasteiger partial charge in [-0.2, -0.15) is 0 Å². The predicted molar refractivity (Wildman–Crippen MR) is 115 cm³/mol. The topological polar surface area (TPSA) is 75.0 Å². The van der Waals surface area contributed by atoms with Crippen LogP contribution in [-0.2, 0) is 9.47 Å². The average molecular weight is 445 g/mol. The molecule has 4 aromatic rings. The zero-order valence-corrected chi connectivity index (χ0v) is 17.8. The Kier molecular flexibility index (Phi) is 5.76. The molecular weight excluding hydrogens is 428 g/mol. The third-order valence-electron chi connectivity index (χ3n) is 4.49. The van der Waals surface area contributed by atoms with Crippen LogP contribution in [-0.4, -0.2) is 32.3 Å². The molecule has 4 rings (SSSR count). The van der Waals surface area contributed by atoms with Crippen LogP contribution in [0.15, 0.2) is 46.9 Å². The number of carbonyl (C=O) groups excluding carboxylic acids is 2. The molecule has 0 radical (unpaired) electrons. The van der Waals surface area contributed by atoms with Crippen LogP contribution in [0.5, 0.6) is 5.75 Å². The summed E-state index contributed by atoms with van der Waals surface area (Å²) in [6.45, 7) is 2.09. The quantitative estimate of drug-likeness (QED) is 0.218. The molecule has 0 aliphatic heterocycles. The van der Waals surface area contributed by atoms with Gasteiger partial charge in [0.25, 0.3) is 0 Å². The van der Waals surface area contributed by atoms with Crippen LogP contribution in [0.3, 0.4) is 0 Å². The van der Waals surface area contributed by atoms with Crippen LogP contribution < -0.4 is 4.74 Å². The number of hydrogen-bond acceptors (Lipinski definition) is 7. The van der Waals surface area contributed by atoms with E-state index in [0.717, 1.165) is 10.1 Å².